The smallest absolute Gasteiger partial charge is 0.411 e. The van der Waals surface area contributed by atoms with Crippen molar-refractivity contribution in [3.8, 4) is 0 Å². The van der Waals surface area contributed by atoms with E-state index in [4.69, 9.17) is 18.9 Å². The Hall–Kier alpha value is -3.94. The Kier molecular flexibility index (Phi) is 10.2. The summed E-state index contributed by atoms with van der Waals surface area (Å²) in [6.07, 6.45) is 7.10. The summed E-state index contributed by atoms with van der Waals surface area (Å²) in [4.78, 5) is 24.0. The molecule has 1 aliphatic carbocycles. The van der Waals surface area contributed by atoms with E-state index in [-0.39, 0.29) is 31.8 Å². The van der Waals surface area contributed by atoms with E-state index < -0.39 is 12.2 Å². The number of anilines is 2. The molecule has 1 fully saturated rings. The Morgan fingerprint density at radius 1 is 0.694 bits per heavy atom. The van der Waals surface area contributed by atoms with E-state index in [0.29, 0.717) is 11.4 Å². The van der Waals surface area contributed by atoms with E-state index in [1.54, 1.807) is 0 Å². The summed E-state index contributed by atoms with van der Waals surface area (Å²) in [7, 11) is 0. The molecule has 0 heterocycles. The van der Waals surface area contributed by atoms with Crippen LogP contribution in [-0.2, 0) is 24.4 Å². The first kappa shape index (κ1) is 26.7. The van der Waals surface area contributed by atoms with Gasteiger partial charge in [-0.05, 0) is 48.2 Å². The molecule has 0 bridgehead atoms. The summed E-state index contributed by atoms with van der Waals surface area (Å²) in [5, 5.41) is 5.48. The van der Waals surface area contributed by atoms with Crippen LogP contribution >= 0.6 is 0 Å². The van der Waals surface area contributed by atoms with Crippen molar-refractivity contribution in [2.45, 2.75) is 37.5 Å². The average molecular weight is 495 g/mol. The first-order chi connectivity index (χ1) is 17.6. The van der Waals surface area contributed by atoms with Crippen molar-refractivity contribution in [2.75, 3.05) is 37.1 Å². The van der Waals surface area contributed by atoms with E-state index in [0.717, 1.165) is 25.7 Å². The number of carbonyl (C=O) groups is 2. The lowest BCUT2D eigenvalue weighted by molar-refractivity contribution is 0.123. The Balaban J connectivity index is 1.66. The molecule has 2 N–H and O–H groups in total. The van der Waals surface area contributed by atoms with E-state index in [9.17, 15) is 9.59 Å². The fourth-order valence-electron chi connectivity index (χ4n) is 4.48. The minimum Gasteiger partial charge on any atom is -0.498 e. The maximum Gasteiger partial charge on any atom is 0.411 e. The van der Waals surface area contributed by atoms with Crippen LogP contribution < -0.4 is 10.6 Å². The molecule has 2 amide bonds. The van der Waals surface area contributed by atoms with Gasteiger partial charge >= 0.3 is 12.2 Å². The number of amides is 2. The van der Waals surface area contributed by atoms with Crippen molar-refractivity contribution in [3.05, 3.63) is 85.3 Å². The lowest BCUT2D eigenvalue weighted by Gasteiger charge is -2.39. The molecule has 0 aliphatic heterocycles. The second kappa shape index (κ2) is 13.8. The van der Waals surface area contributed by atoms with Gasteiger partial charge in [-0.3, -0.25) is 10.6 Å². The minimum atomic E-state index is -0.530. The van der Waals surface area contributed by atoms with Crippen molar-refractivity contribution < 1.29 is 28.5 Å². The van der Waals surface area contributed by atoms with Crippen LogP contribution in [0.3, 0.4) is 0 Å². The lowest BCUT2D eigenvalue weighted by atomic mass is 9.65. The number of benzene rings is 2. The highest BCUT2D eigenvalue weighted by atomic mass is 16.6. The zero-order chi connectivity index (χ0) is 25.6. The van der Waals surface area contributed by atoms with Gasteiger partial charge in [0, 0.05) is 16.8 Å². The van der Waals surface area contributed by atoms with Crippen LogP contribution in [0.25, 0.3) is 0 Å². The molecule has 0 radical (unpaired) electrons. The van der Waals surface area contributed by atoms with Crippen LogP contribution in [0.5, 0.6) is 0 Å². The van der Waals surface area contributed by atoms with Crippen LogP contribution in [-0.4, -0.2) is 38.6 Å². The zero-order valence-electron chi connectivity index (χ0n) is 20.5. The number of carbonyl (C=O) groups excluding carboxylic acids is 2. The molecule has 8 heteroatoms. The van der Waals surface area contributed by atoms with Gasteiger partial charge in [0.25, 0.3) is 0 Å². The molecule has 0 saturated heterocycles. The lowest BCUT2D eigenvalue weighted by Crippen LogP contribution is -2.30. The van der Waals surface area contributed by atoms with Crippen LogP contribution in [0, 0.1) is 0 Å². The number of rotatable bonds is 12. The second-order valence-corrected chi connectivity index (χ2v) is 8.39. The third-order valence-electron chi connectivity index (χ3n) is 6.18. The predicted octanol–water partition coefficient (Wildman–Crippen LogP) is 6.35. The van der Waals surface area contributed by atoms with Crippen molar-refractivity contribution in [2.24, 2.45) is 0 Å². The molecule has 8 nitrogen and oxygen atoms in total. The number of hydrogen-bond donors (Lipinski definition) is 2. The van der Waals surface area contributed by atoms with Crippen molar-refractivity contribution in [3.63, 3.8) is 0 Å². The van der Waals surface area contributed by atoms with Crippen molar-refractivity contribution >= 4 is 23.6 Å². The summed E-state index contributed by atoms with van der Waals surface area (Å²) in [5.74, 6) is 0. The van der Waals surface area contributed by atoms with Crippen LogP contribution in [0.1, 0.15) is 43.2 Å². The second-order valence-electron chi connectivity index (χ2n) is 8.39. The number of hydrogen-bond acceptors (Lipinski definition) is 6. The maximum atomic E-state index is 12.0. The fraction of sp³-hybridized carbons (Fsp3) is 0.357. The number of nitrogens with one attached hydrogen (secondary N) is 2. The quantitative estimate of drug-likeness (QED) is 0.264. The standard InChI is InChI=1S/C28H34N2O6/c1-3-33-18-20-35-26(31)29-24-12-8-22(9-13-24)28(16-6-5-7-17-28)23-10-14-25(15-11-23)30-27(32)36-21-19-34-4-2/h3-4,8-15H,1-2,5-7,16-21H2,(H,29,31)(H,30,32). The normalized spacial score (nSPS) is 14.1. The molecule has 192 valence electrons. The molecule has 0 unspecified atom stereocenters. The molecular weight excluding hydrogens is 460 g/mol. The van der Waals surface area contributed by atoms with Gasteiger partial charge in [-0.1, -0.05) is 56.7 Å². The van der Waals surface area contributed by atoms with Gasteiger partial charge in [0.15, 0.2) is 0 Å². The third-order valence-corrected chi connectivity index (χ3v) is 6.18. The summed E-state index contributed by atoms with van der Waals surface area (Å²) in [6.45, 7) is 7.70. The summed E-state index contributed by atoms with van der Waals surface area (Å²) < 4.78 is 20.1. The highest BCUT2D eigenvalue weighted by Crippen LogP contribution is 2.45. The molecule has 0 atom stereocenters. The summed E-state index contributed by atoms with van der Waals surface area (Å²) >= 11 is 0. The summed E-state index contributed by atoms with van der Waals surface area (Å²) in [5.41, 5.74) is 3.60. The largest absolute Gasteiger partial charge is 0.498 e. The van der Waals surface area contributed by atoms with E-state index in [1.165, 1.54) is 30.1 Å². The SMILES string of the molecule is C=COCCOC(=O)Nc1ccc(C2(c3ccc(NC(=O)OCCOC=C)cc3)CCCCC2)cc1. The van der Waals surface area contributed by atoms with E-state index in [1.807, 2.05) is 24.3 Å². The highest BCUT2D eigenvalue weighted by Gasteiger charge is 2.35. The fourth-order valence-corrected chi connectivity index (χ4v) is 4.48. The van der Waals surface area contributed by atoms with Crippen molar-refractivity contribution in [1.29, 1.82) is 0 Å². The third kappa shape index (κ3) is 7.53. The average Bonchev–Trinajstić information content (AvgIpc) is 2.90. The molecule has 2 aromatic rings. The molecule has 1 saturated carbocycles. The molecule has 3 rings (SSSR count). The predicted molar refractivity (Wildman–Crippen MR) is 139 cm³/mol. The Morgan fingerprint density at radius 3 is 1.50 bits per heavy atom. The maximum absolute atomic E-state index is 12.0. The van der Waals surface area contributed by atoms with Crippen LogP contribution in [0.4, 0.5) is 21.0 Å². The monoisotopic (exact) mass is 494 g/mol. The molecule has 0 spiro atoms. The molecule has 36 heavy (non-hydrogen) atoms. The van der Waals surface area contributed by atoms with E-state index in [2.05, 4.69) is 48.1 Å². The van der Waals surface area contributed by atoms with Crippen LogP contribution in [0.15, 0.2) is 74.2 Å². The highest BCUT2D eigenvalue weighted by molar-refractivity contribution is 5.85. The first-order valence-corrected chi connectivity index (χ1v) is 12.1. The van der Waals surface area contributed by atoms with Gasteiger partial charge < -0.3 is 18.9 Å². The van der Waals surface area contributed by atoms with Gasteiger partial charge in [-0.25, -0.2) is 9.59 Å². The van der Waals surface area contributed by atoms with Gasteiger partial charge in [0.1, 0.15) is 26.4 Å². The van der Waals surface area contributed by atoms with Crippen molar-refractivity contribution in [1.82, 2.24) is 0 Å². The summed E-state index contributed by atoms with van der Waals surface area (Å²) in [6, 6.07) is 15.9. The van der Waals surface area contributed by atoms with Gasteiger partial charge in [-0.15, -0.1) is 0 Å². The molecule has 2 aromatic carbocycles. The molecular formula is C28H34N2O6. The molecule has 0 aromatic heterocycles. The van der Waals surface area contributed by atoms with Gasteiger partial charge in [-0.2, -0.15) is 0 Å². The van der Waals surface area contributed by atoms with Crippen LogP contribution in [0.2, 0.25) is 0 Å². The molecule has 1 aliphatic rings. The van der Waals surface area contributed by atoms with Gasteiger partial charge in [0.2, 0.25) is 0 Å². The minimum absolute atomic E-state index is 0.125. The Morgan fingerprint density at radius 2 is 1.11 bits per heavy atom. The Bertz CT molecular complexity index is 922. The Labute approximate surface area is 212 Å². The number of ether oxygens (including phenoxy) is 4. The zero-order valence-corrected chi connectivity index (χ0v) is 20.5. The first-order valence-electron chi connectivity index (χ1n) is 12.1. The topological polar surface area (TPSA) is 95.1 Å². The van der Waals surface area contributed by atoms with E-state index >= 15 is 0 Å². The van der Waals surface area contributed by atoms with Gasteiger partial charge in [0.05, 0.1) is 12.5 Å².